The standard InChI is InChI=1S/C17H22N8O/c1-11(12-3-4-12)9-19-16-13-5-6-18-15(13)21-17(22-16)20-14-10-25(24-23-14)7-8-26-2/h5-6,9-12H,3-4,7-8H2,1-2H3,(H2,18,20,21,22)/b19-9+. The zero-order valence-electron chi connectivity index (χ0n) is 14.9. The van der Waals surface area contributed by atoms with Gasteiger partial charge in [-0.1, -0.05) is 12.1 Å². The summed E-state index contributed by atoms with van der Waals surface area (Å²) in [7, 11) is 1.65. The summed E-state index contributed by atoms with van der Waals surface area (Å²) in [6.45, 7) is 3.41. The number of anilines is 2. The van der Waals surface area contributed by atoms with Crippen molar-refractivity contribution >= 4 is 34.8 Å². The highest BCUT2D eigenvalue weighted by atomic mass is 16.5. The van der Waals surface area contributed by atoms with Crippen LogP contribution in [0.25, 0.3) is 11.0 Å². The van der Waals surface area contributed by atoms with Crippen molar-refractivity contribution < 1.29 is 4.74 Å². The average molecular weight is 354 g/mol. The zero-order chi connectivity index (χ0) is 17.9. The van der Waals surface area contributed by atoms with Gasteiger partial charge in [0.1, 0.15) is 5.65 Å². The van der Waals surface area contributed by atoms with Crippen LogP contribution in [0.3, 0.4) is 0 Å². The van der Waals surface area contributed by atoms with Gasteiger partial charge in [0.25, 0.3) is 0 Å². The minimum Gasteiger partial charge on any atom is -0.383 e. The largest absolute Gasteiger partial charge is 0.383 e. The molecule has 9 heteroatoms. The third-order valence-corrected chi connectivity index (χ3v) is 4.50. The van der Waals surface area contributed by atoms with Crippen molar-refractivity contribution in [1.29, 1.82) is 0 Å². The number of fused-ring (bicyclic) bond motifs is 1. The number of methoxy groups -OCH3 is 1. The molecular weight excluding hydrogens is 332 g/mol. The van der Waals surface area contributed by atoms with Gasteiger partial charge in [-0.05, 0) is 30.7 Å². The molecule has 26 heavy (non-hydrogen) atoms. The summed E-state index contributed by atoms with van der Waals surface area (Å²) < 4.78 is 6.75. The maximum atomic E-state index is 5.04. The van der Waals surface area contributed by atoms with Crippen LogP contribution in [0.4, 0.5) is 17.6 Å². The topological polar surface area (TPSA) is 106 Å². The number of aromatic amines is 1. The second kappa shape index (κ2) is 7.20. The van der Waals surface area contributed by atoms with E-state index < -0.39 is 0 Å². The molecule has 0 spiro atoms. The molecule has 0 saturated heterocycles. The molecule has 4 rings (SSSR count). The SMILES string of the molecule is COCCn1cc(Nc2nc(/N=C/C(C)C3CC3)c3cc[nH]c3n2)nn1. The molecule has 0 aromatic carbocycles. The van der Waals surface area contributed by atoms with Gasteiger partial charge in [0, 0.05) is 19.5 Å². The molecule has 3 aromatic rings. The van der Waals surface area contributed by atoms with Gasteiger partial charge in [0.15, 0.2) is 11.6 Å². The van der Waals surface area contributed by atoms with Crippen LogP contribution >= 0.6 is 0 Å². The molecule has 0 aliphatic heterocycles. The molecule has 136 valence electrons. The van der Waals surface area contributed by atoms with E-state index in [-0.39, 0.29) is 0 Å². The van der Waals surface area contributed by atoms with Crippen LogP contribution in [0.5, 0.6) is 0 Å². The first-order valence-electron chi connectivity index (χ1n) is 8.78. The molecule has 1 unspecified atom stereocenters. The number of H-pyrrole nitrogens is 1. The Balaban J connectivity index is 1.56. The predicted molar refractivity (Wildman–Crippen MR) is 99.1 cm³/mol. The van der Waals surface area contributed by atoms with E-state index in [4.69, 9.17) is 4.74 Å². The molecule has 1 aliphatic carbocycles. The second-order valence-corrected chi connectivity index (χ2v) is 6.57. The Bertz CT molecular complexity index is 911. The molecule has 0 bridgehead atoms. The molecule has 3 heterocycles. The Hall–Kier alpha value is -2.81. The smallest absolute Gasteiger partial charge is 0.232 e. The molecular formula is C17H22N8O. The van der Waals surface area contributed by atoms with Crippen LogP contribution in [0.15, 0.2) is 23.5 Å². The summed E-state index contributed by atoms with van der Waals surface area (Å²) in [6.07, 6.45) is 8.22. The Morgan fingerprint density at radius 3 is 3.15 bits per heavy atom. The van der Waals surface area contributed by atoms with E-state index in [9.17, 15) is 0 Å². The molecule has 9 nitrogen and oxygen atoms in total. The van der Waals surface area contributed by atoms with Gasteiger partial charge < -0.3 is 15.0 Å². The van der Waals surface area contributed by atoms with Crippen molar-refractivity contribution in [3.63, 3.8) is 0 Å². The van der Waals surface area contributed by atoms with Crippen molar-refractivity contribution in [1.82, 2.24) is 29.9 Å². The summed E-state index contributed by atoms with van der Waals surface area (Å²) in [4.78, 5) is 16.8. The molecule has 1 saturated carbocycles. The summed E-state index contributed by atoms with van der Waals surface area (Å²) in [6, 6.07) is 1.94. The van der Waals surface area contributed by atoms with Crippen molar-refractivity contribution in [3.05, 3.63) is 18.5 Å². The fourth-order valence-electron chi connectivity index (χ4n) is 2.78. The quantitative estimate of drug-likeness (QED) is 0.603. The van der Waals surface area contributed by atoms with E-state index in [0.29, 0.717) is 36.7 Å². The summed E-state index contributed by atoms with van der Waals surface area (Å²) in [5.74, 6) is 2.90. The zero-order valence-corrected chi connectivity index (χ0v) is 14.9. The van der Waals surface area contributed by atoms with Gasteiger partial charge in [0.05, 0.1) is 24.7 Å². The predicted octanol–water partition coefficient (Wildman–Crippen LogP) is 2.69. The number of nitrogens with zero attached hydrogens (tertiary/aromatic N) is 6. The van der Waals surface area contributed by atoms with Gasteiger partial charge in [-0.25, -0.2) is 9.67 Å². The van der Waals surface area contributed by atoms with Crippen molar-refractivity contribution in [2.45, 2.75) is 26.3 Å². The minimum atomic E-state index is 0.435. The lowest BCUT2D eigenvalue weighted by Gasteiger charge is -2.05. The lowest BCUT2D eigenvalue weighted by atomic mass is 10.1. The number of hydrogen-bond acceptors (Lipinski definition) is 7. The molecule has 1 aliphatic rings. The normalized spacial score (nSPS) is 15.8. The lowest BCUT2D eigenvalue weighted by Crippen LogP contribution is -2.04. The average Bonchev–Trinajstić information content (AvgIpc) is 3.23. The Labute approximate surface area is 150 Å². The van der Waals surface area contributed by atoms with E-state index in [0.717, 1.165) is 17.0 Å². The van der Waals surface area contributed by atoms with Gasteiger partial charge in [-0.3, -0.25) is 0 Å². The van der Waals surface area contributed by atoms with Crippen molar-refractivity contribution in [3.8, 4) is 0 Å². The number of nitrogens with one attached hydrogen (secondary N) is 2. The first-order valence-corrected chi connectivity index (χ1v) is 8.78. The van der Waals surface area contributed by atoms with E-state index in [2.05, 4.69) is 42.5 Å². The van der Waals surface area contributed by atoms with Crippen molar-refractivity contribution in [2.75, 3.05) is 19.0 Å². The van der Waals surface area contributed by atoms with E-state index in [1.807, 2.05) is 18.5 Å². The van der Waals surface area contributed by atoms with Crippen LogP contribution in [0.2, 0.25) is 0 Å². The van der Waals surface area contributed by atoms with Crippen LogP contribution in [0.1, 0.15) is 19.8 Å². The molecule has 3 aromatic heterocycles. The molecule has 0 amide bonds. The Morgan fingerprint density at radius 2 is 2.35 bits per heavy atom. The highest BCUT2D eigenvalue weighted by Crippen LogP contribution is 2.36. The fourth-order valence-corrected chi connectivity index (χ4v) is 2.78. The molecule has 1 fully saturated rings. The number of hydrogen-bond donors (Lipinski definition) is 2. The third-order valence-electron chi connectivity index (χ3n) is 4.50. The van der Waals surface area contributed by atoms with Crippen LogP contribution in [-0.4, -0.2) is 49.9 Å². The number of ether oxygens (including phenoxy) is 1. The molecule has 1 atom stereocenters. The van der Waals surface area contributed by atoms with Gasteiger partial charge >= 0.3 is 0 Å². The Morgan fingerprint density at radius 1 is 1.46 bits per heavy atom. The van der Waals surface area contributed by atoms with Gasteiger partial charge in [-0.2, -0.15) is 9.97 Å². The van der Waals surface area contributed by atoms with Gasteiger partial charge in [-0.15, -0.1) is 5.10 Å². The number of aromatic nitrogens is 6. The number of rotatable bonds is 8. The molecule has 0 radical (unpaired) electrons. The maximum absolute atomic E-state index is 5.04. The summed E-state index contributed by atoms with van der Waals surface area (Å²) in [5.41, 5.74) is 0.737. The highest BCUT2D eigenvalue weighted by molar-refractivity contribution is 5.88. The van der Waals surface area contributed by atoms with E-state index in [1.54, 1.807) is 18.0 Å². The first-order chi connectivity index (χ1) is 12.7. The Kier molecular flexibility index (Phi) is 4.61. The third kappa shape index (κ3) is 3.72. The van der Waals surface area contributed by atoms with Crippen LogP contribution in [0, 0.1) is 11.8 Å². The summed E-state index contributed by atoms with van der Waals surface area (Å²) >= 11 is 0. The van der Waals surface area contributed by atoms with E-state index >= 15 is 0 Å². The van der Waals surface area contributed by atoms with Crippen LogP contribution < -0.4 is 5.32 Å². The van der Waals surface area contributed by atoms with Gasteiger partial charge in [0.2, 0.25) is 5.95 Å². The summed E-state index contributed by atoms with van der Waals surface area (Å²) in [5, 5.41) is 12.1. The second-order valence-electron chi connectivity index (χ2n) is 6.57. The van der Waals surface area contributed by atoms with Crippen LogP contribution in [-0.2, 0) is 11.3 Å². The highest BCUT2D eigenvalue weighted by Gasteiger charge is 2.26. The van der Waals surface area contributed by atoms with Crippen molar-refractivity contribution in [2.24, 2.45) is 16.8 Å². The lowest BCUT2D eigenvalue weighted by molar-refractivity contribution is 0.183. The minimum absolute atomic E-state index is 0.435. The molecule has 2 N–H and O–H groups in total. The fraction of sp³-hybridized carbons (Fsp3) is 0.471. The monoisotopic (exact) mass is 354 g/mol. The van der Waals surface area contributed by atoms with E-state index in [1.165, 1.54) is 12.8 Å². The number of aliphatic imine (C=N–C) groups is 1. The maximum Gasteiger partial charge on any atom is 0.232 e. The first kappa shape index (κ1) is 16.6.